The number of rotatable bonds is 13. The van der Waals surface area contributed by atoms with Crippen molar-refractivity contribution in [3.8, 4) is 5.75 Å². The third kappa shape index (κ3) is 12.0. The Bertz CT molecular complexity index is 564. The summed E-state index contributed by atoms with van der Waals surface area (Å²) in [5.74, 6) is 1.72. The number of hydrogen-bond acceptors (Lipinski definition) is 3. The molecule has 0 spiro atoms. The highest BCUT2D eigenvalue weighted by Crippen LogP contribution is 2.13. The summed E-state index contributed by atoms with van der Waals surface area (Å²) < 4.78 is 5.27. The molecule has 28 heavy (non-hydrogen) atoms. The van der Waals surface area contributed by atoms with Crippen LogP contribution in [0.3, 0.4) is 0 Å². The Hall–Kier alpha value is -1.51. The van der Waals surface area contributed by atoms with Crippen LogP contribution in [0.1, 0.15) is 52.0 Å². The average molecular weight is 504 g/mol. The van der Waals surface area contributed by atoms with Crippen molar-refractivity contribution in [1.82, 2.24) is 10.6 Å². The van der Waals surface area contributed by atoms with Crippen LogP contribution in [0.25, 0.3) is 0 Å². The van der Waals surface area contributed by atoms with Gasteiger partial charge in [-0.3, -0.25) is 9.79 Å². The number of primary amides is 1. The minimum absolute atomic E-state index is 0. The first-order chi connectivity index (χ1) is 13.1. The summed E-state index contributed by atoms with van der Waals surface area (Å²) in [7, 11) is 0. The Morgan fingerprint density at radius 2 is 1.89 bits per heavy atom. The molecular formula is C21H37IN4O2. The number of nitrogens with zero attached hydrogens (tertiary/aromatic N) is 1. The van der Waals surface area contributed by atoms with E-state index in [2.05, 4.69) is 31.4 Å². The minimum atomic E-state index is -0.474. The lowest BCUT2D eigenvalue weighted by Gasteiger charge is -2.15. The number of carbonyl (C=O) groups excluding carboxylic acids is 1. The van der Waals surface area contributed by atoms with Crippen molar-refractivity contribution in [3.05, 3.63) is 29.8 Å². The first-order valence-corrected chi connectivity index (χ1v) is 10.1. The quantitative estimate of drug-likeness (QED) is 0.218. The molecule has 0 saturated carbocycles. The third-order valence-corrected chi connectivity index (χ3v) is 4.41. The van der Waals surface area contributed by atoms with Gasteiger partial charge in [0.15, 0.2) is 12.6 Å². The van der Waals surface area contributed by atoms with Crippen molar-refractivity contribution in [1.29, 1.82) is 0 Å². The number of amides is 1. The summed E-state index contributed by atoms with van der Waals surface area (Å²) in [4.78, 5) is 15.5. The Morgan fingerprint density at radius 3 is 2.46 bits per heavy atom. The van der Waals surface area contributed by atoms with Crippen molar-refractivity contribution in [3.63, 3.8) is 0 Å². The summed E-state index contributed by atoms with van der Waals surface area (Å²) in [5.41, 5.74) is 6.27. The van der Waals surface area contributed by atoms with E-state index in [1.54, 1.807) is 0 Å². The third-order valence-electron chi connectivity index (χ3n) is 4.41. The molecule has 4 N–H and O–H groups in total. The van der Waals surface area contributed by atoms with Gasteiger partial charge in [0.25, 0.3) is 5.91 Å². The van der Waals surface area contributed by atoms with E-state index in [1.807, 2.05) is 24.3 Å². The van der Waals surface area contributed by atoms with Crippen molar-refractivity contribution in [2.75, 3.05) is 26.2 Å². The highest BCUT2D eigenvalue weighted by Gasteiger charge is 2.06. The van der Waals surface area contributed by atoms with Gasteiger partial charge in [-0.2, -0.15) is 0 Å². The molecule has 1 unspecified atom stereocenters. The predicted octanol–water partition coefficient (Wildman–Crippen LogP) is 3.48. The Kier molecular flexibility index (Phi) is 15.6. The van der Waals surface area contributed by atoms with E-state index < -0.39 is 5.91 Å². The first-order valence-electron chi connectivity index (χ1n) is 10.1. The monoisotopic (exact) mass is 504 g/mol. The van der Waals surface area contributed by atoms with Gasteiger partial charge < -0.3 is 21.1 Å². The predicted molar refractivity (Wildman–Crippen MR) is 128 cm³/mol. The van der Waals surface area contributed by atoms with E-state index in [-0.39, 0.29) is 30.6 Å². The number of nitrogens with one attached hydrogen (secondary N) is 2. The summed E-state index contributed by atoms with van der Waals surface area (Å²) in [6.07, 6.45) is 5.82. The standard InChI is InChI=1S/C21H36N4O2.HI/c1-4-7-8-17(5-2)15-25-21(23-6-3)24-14-13-18-9-11-19(12-10-18)27-16-20(22)26;/h9-12,17H,4-8,13-16H2,1-3H3,(H2,22,26)(H2,23,24,25);1H. The Balaban J connectivity index is 0.00000729. The highest BCUT2D eigenvalue weighted by atomic mass is 127. The fourth-order valence-corrected chi connectivity index (χ4v) is 2.71. The van der Waals surface area contributed by atoms with Gasteiger partial charge in [0.2, 0.25) is 0 Å². The molecule has 1 aromatic rings. The number of halogens is 1. The first kappa shape index (κ1) is 26.5. The van der Waals surface area contributed by atoms with E-state index in [0.717, 1.165) is 32.0 Å². The van der Waals surface area contributed by atoms with Crippen LogP contribution in [0.5, 0.6) is 5.75 Å². The molecule has 1 aromatic carbocycles. The number of carbonyl (C=O) groups is 1. The van der Waals surface area contributed by atoms with Gasteiger partial charge in [0.1, 0.15) is 5.75 Å². The van der Waals surface area contributed by atoms with Gasteiger partial charge >= 0.3 is 0 Å². The molecule has 0 saturated heterocycles. The van der Waals surface area contributed by atoms with Crippen molar-refractivity contribution in [2.24, 2.45) is 16.6 Å². The number of nitrogens with two attached hydrogens (primary N) is 1. The summed E-state index contributed by atoms with van der Waals surface area (Å²) in [6, 6.07) is 7.72. The summed E-state index contributed by atoms with van der Waals surface area (Å²) in [6.45, 7) is 8.99. The highest BCUT2D eigenvalue weighted by molar-refractivity contribution is 14.0. The normalized spacial score (nSPS) is 12.0. The zero-order valence-corrected chi connectivity index (χ0v) is 19.8. The Labute approximate surface area is 187 Å². The molecule has 160 valence electrons. The maximum absolute atomic E-state index is 10.7. The second-order valence-electron chi connectivity index (χ2n) is 6.71. The molecule has 0 aromatic heterocycles. The molecule has 0 aliphatic rings. The van der Waals surface area contributed by atoms with Gasteiger partial charge in [-0.25, -0.2) is 0 Å². The molecule has 0 aliphatic carbocycles. The average Bonchev–Trinajstić information content (AvgIpc) is 2.67. The van der Waals surface area contributed by atoms with E-state index in [9.17, 15) is 4.79 Å². The molecule has 1 atom stereocenters. The fourth-order valence-electron chi connectivity index (χ4n) is 2.71. The molecule has 0 radical (unpaired) electrons. The van der Waals surface area contributed by atoms with Crippen LogP contribution in [-0.2, 0) is 11.2 Å². The zero-order valence-electron chi connectivity index (χ0n) is 17.5. The summed E-state index contributed by atoms with van der Waals surface area (Å²) in [5, 5.41) is 6.72. The number of aliphatic imine (C=N–C) groups is 1. The fraction of sp³-hybridized carbons (Fsp3) is 0.619. The zero-order chi connectivity index (χ0) is 19.9. The van der Waals surface area contributed by atoms with Crippen molar-refractivity contribution in [2.45, 2.75) is 52.9 Å². The molecule has 6 nitrogen and oxygen atoms in total. The van der Waals surface area contributed by atoms with Gasteiger partial charge in [0.05, 0.1) is 0 Å². The topological polar surface area (TPSA) is 88.7 Å². The molecule has 0 bridgehead atoms. The van der Waals surface area contributed by atoms with Crippen LogP contribution in [0, 0.1) is 5.92 Å². The van der Waals surface area contributed by atoms with Crippen LogP contribution >= 0.6 is 24.0 Å². The number of guanidine groups is 1. The van der Waals surface area contributed by atoms with Gasteiger partial charge in [-0.05, 0) is 43.4 Å². The maximum atomic E-state index is 10.7. The van der Waals surface area contributed by atoms with Gasteiger partial charge in [-0.15, -0.1) is 24.0 Å². The number of hydrogen-bond donors (Lipinski definition) is 3. The van der Waals surface area contributed by atoms with Crippen molar-refractivity contribution >= 4 is 35.8 Å². The van der Waals surface area contributed by atoms with E-state index >= 15 is 0 Å². The number of unbranched alkanes of at least 4 members (excludes halogenated alkanes) is 1. The molecule has 0 aliphatic heterocycles. The minimum Gasteiger partial charge on any atom is -0.484 e. The molecule has 1 rings (SSSR count). The van der Waals surface area contributed by atoms with Crippen molar-refractivity contribution < 1.29 is 9.53 Å². The Morgan fingerprint density at radius 1 is 1.18 bits per heavy atom. The van der Waals surface area contributed by atoms with Crippen LogP contribution in [0.4, 0.5) is 0 Å². The second-order valence-corrected chi connectivity index (χ2v) is 6.71. The second kappa shape index (κ2) is 16.4. The van der Waals surface area contributed by atoms with Crippen LogP contribution in [0.2, 0.25) is 0 Å². The molecular weight excluding hydrogens is 467 g/mol. The lowest BCUT2D eigenvalue weighted by molar-refractivity contribution is -0.119. The lowest BCUT2D eigenvalue weighted by atomic mass is 10.00. The van der Waals surface area contributed by atoms with Crippen LogP contribution < -0.4 is 21.1 Å². The number of benzene rings is 1. The largest absolute Gasteiger partial charge is 0.484 e. The number of ether oxygens (including phenoxy) is 1. The van der Waals surface area contributed by atoms with E-state index in [4.69, 9.17) is 15.5 Å². The molecule has 7 heteroatoms. The molecule has 1 amide bonds. The maximum Gasteiger partial charge on any atom is 0.255 e. The van der Waals surface area contributed by atoms with Crippen LogP contribution in [0.15, 0.2) is 29.3 Å². The van der Waals surface area contributed by atoms with Crippen LogP contribution in [-0.4, -0.2) is 38.1 Å². The molecule has 0 heterocycles. The SMILES string of the molecule is CCCCC(CC)CN=C(NCC)NCCc1ccc(OCC(N)=O)cc1.I. The smallest absolute Gasteiger partial charge is 0.255 e. The summed E-state index contributed by atoms with van der Waals surface area (Å²) >= 11 is 0. The van der Waals surface area contributed by atoms with Gasteiger partial charge in [0, 0.05) is 19.6 Å². The van der Waals surface area contributed by atoms with E-state index in [1.165, 1.54) is 31.2 Å². The van der Waals surface area contributed by atoms with Gasteiger partial charge in [-0.1, -0.05) is 45.2 Å². The van der Waals surface area contributed by atoms with E-state index in [0.29, 0.717) is 11.7 Å². The molecule has 0 fully saturated rings. The lowest BCUT2D eigenvalue weighted by Crippen LogP contribution is -2.38.